The molecule has 0 aliphatic rings. The largest absolute Gasteiger partial charge is 0.221 e. The molecule has 2 nitrogen and oxygen atoms in total. The van der Waals surface area contributed by atoms with Crippen molar-refractivity contribution < 1.29 is 0 Å². The first-order valence-corrected chi connectivity index (χ1v) is 6.61. The van der Waals surface area contributed by atoms with Crippen molar-refractivity contribution in [3.05, 3.63) is 40.5 Å². The number of aromatic nitrogens is 2. The Balaban J connectivity index is 2.31. The van der Waals surface area contributed by atoms with Gasteiger partial charge in [-0.05, 0) is 38.1 Å². The van der Waals surface area contributed by atoms with E-state index in [1.807, 2.05) is 0 Å². The molecule has 0 fully saturated rings. The lowest BCUT2D eigenvalue weighted by Gasteiger charge is -2.06. The average molecular weight is 282 g/mol. The lowest BCUT2D eigenvalue weighted by molar-refractivity contribution is 0.897. The van der Waals surface area contributed by atoms with Gasteiger partial charge >= 0.3 is 0 Å². The molecule has 0 spiro atoms. The number of rotatable bonds is 2. The molecule has 0 saturated carbocycles. The number of halogens is 1. The summed E-state index contributed by atoms with van der Waals surface area (Å²) in [6.07, 6.45) is 0. The molecule has 0 amide bonds. The van der Waals surface area contributed by atoms with Crippen molar-refractivity contribution in [1.82, 2.24) is 9.97 Å². The van der Waals surface area contributed by atoms with Crippen LogP contribution in [-0.4, -0.2) is 9.97 Å². The molecule has 1 aromatic heterocycles. The van der Waals surface area contributed by atoms with E-state index >= 15 is 0 Å². The molecule has 0 N–H and O–H groups in total. The van der Waals surface area contributed by atoms with E-state index in [9.17, 15) is 0 Å². The summed E-state index contributed by atoms with van der Waals surface area (Å²) < 4.78 is 0. The standard InChI is InChI=1S/C12H10ClN2S2/c1-7-3-4-9(8(2)5-7)17-11-6-10(13)14-12(16)15-11/h3-6H,1-2H3. The van der Waals surface area contributed by atoms with Crippen LogP contribution in [0.15, 0.2) is 39.3 Å². The summed E-state index contributed by atoms with van der Waals surface area (Å²) in [6, 6.07) is 8.02. The van der Waals surface area contributed by atoms with Gasteiger partial charge in [0, 0.05) is 11.0 Å². The number of nitrogens with zero attached hydrogens (tertiary/aromatic N) is 2. The summed E-state index contributed by atoms with van der Waals surface area (Å²) in [7, 11) is 0. The van der Waals surface area contributed by atoms with Crippen molar-refractivity contribution in [1.29, 1.82) is 0 Å². The second-order valence-corrected chi connectivity index (χ2v) is 5.50. The van der Waals surface area contributed by atoms with Gasteiger partial charge < -0.3 is 0 Å². The fraction of sp³-hybridized carbons (Fsp3) is 0.167. The van der Waals surface area contributed by atoms with E-state index in [0.29, 0.717) is 5.15 Å². The molecular weight excluding hydrogens is 272 g/mol. The summed E-state index contributed by atoms with van der Waals surface area (Å²) in [5.41, 5.74) is 2.46. The fourth-order valence-electron chi connectivity index (χ4n) is 1.46. The van der Waals surface area contributed by atoms with Gasteiger partial charge in [-0.15, -0.1) is 0 Å². The zero-order chi connectivity index (χ0) is 12.4. The third-order valence-electron chi connectivity index (χ3n) is 2.20. The molecule has 0 bridgehead atoms. The molecule has 17 heavy (non-hydrogen) atoms. The Bertz CT molecular complexity index is 538. The molecule has 5 heteroatoms. The predicted molar refractivity (Wildman–Crippen MR) is 72.9 cm³/mol. The fourth-order valence-corrected chi connectivity index (χ4v) is 2.89. The highest BCUT2D eigenvalue weighted by molar-refractivity contribution is 7.99. The van der Waals surface area contributed by atoms with Crippen LogP contribution < -0.4 is 0 Å². The first kappa shape index (κ1) is 12.6. The summed E-state index contributed by atoms with van der Waals surface area (Å²) >= 11 is 12.3. The molecule has 0 aliphatic carbocycles. The monoisotopic (exact) mass is 281 g/mol. The molecule has 0 atom stereocenters. The number of hydrogen-bond acceptors (Lipinski definition) is 3. The first-order valence-electron chi connectivity index (χ1n) is 5.01. The van der Waals surface area contributed by atoms with Crippen LogP contribution in [0.5, 0.6) is 0 Å². The highest BCUT2D eigenvalue weighted by Gasteiger charge is 2.05. The Morgan fingerprint density at radius 2 is 1.94 bits per heavy atom. The molecule has 0 saturated heterocycles. The Labute approximate surface area is 115 Å². The van der Waals surface area contributed by atoms with E-state index in [-0.39, 0.29) is 5.16 Å². The molecule has 2 rings (SSSR count). The summed E-state index contributed by atoms with van der Waals surface area (Å²) in [5, 5.41) is 1.45. The van der Waals surface area contributed by atoms with Gasteiger partial charge in [-0.25, -0.2) is 9.97 Å². The van der Waals surface area contributed by atoms with Gasteiger partial charge in [-0.2, -0.15) is 0 Å². The van der Waals surface area contributed by atoms with E-state index in [1.165, 1.54) is 11.1 Å². The SMILES string of the molecule is Cc1ccc(Sc2cc(Cl)nc([S])n2)c(C)c1. The van der Waals surface area contributed by atoms with Crippen molar-refractivity contribution in [3.8, 4) is 0 Å². The molecule has 1 radical (unpaired) electrons. The van der Waals surface area contributed by atoms with Crippen molar-refractivity contribution in [2.24, 2.45) is 0 Å². The third kappa shape index (κ3) is 3.31. The van der Waals surface area contributed by atoms with E-state index in [2.05, 4.69) is 42.0 Å². The van der Waals surface area contributed by atoms with Crippen LogP contribution in [-0.2, 0) is 0 Å². The second-order valence-electron chi connectivity index (χ2n) is 3.68. The van der Waals surface area contributed by atoms with Crippen LogP contribution in [0.1, 0.15) is 11.1 Å². The second kappa shape index (κ2) is 5.21. The third-order valence-corrected chi connectivity index (χ3v) is 3.67. The highest BCUT2D eigenvalue weighted by Crippen LogP contribution is 2.30. The van der Waals surface area contributed by atoms with Crippen LogP contribution in [0.4, 0.5) is 0 Å². The van der Waals surface area contributed by atoms with Gasteiger partial charge in [0.1, 0.15) is 10.2 Å². The zero-order valence-corrected chi connectivity index (χ0v) is 11.8. The summed E-state index contributed by atoms with van der Waals surface area (Å²) in [5.74, 6) is 0. The molecular formula is C12H10ClN2S2. The van der Waals surface area contributed by atoms with Crippen LogP contribution in [0.2, 0.25) is 5.15 Å². The van der Waals surface area contributed by atoms with Crippen molar-refractivity contribution in [2.45, 2.75) is 28.9 Å². The minimum atomic E-state index is 0.282. The van der Waals surface area contributed by atoms with Gasteiger partial charge in [-0.1, -0.05) is 41.1 Å². The minimum absolute atomic E-state index is 0.282. The highest BCUT2D eigenvalue weighted by atomic mass is 35.5. The van der Waals surface area contributed by atoms with Gasteiger partial charge in [0.25, 0.3) is 0 Å². The predicted octanol–water partition coefficient (Wildman–Crippen LogP) is 4.45. The van der Waals surface area contributed by atoms with Gasteiger partial charge in [-0.3, -0.25) is 0 Å². The van der Waals surface area contributed by atoms with Gasteiger partial charge in [0.2, 0.25) is 5.16 Å². The van der Waals surface area contributed by atoms with Gasteiger partial charge in [0.15, 0.2) is 0 Å². The zero-order valence-electron chi connectivity index (χ0n) is 9.40. The van der Waals surface area contributed by atoms with Crippen molar-refractivity contribution in [2.75, 3.05) is 0 Å². The maximum absolute atomic E-state index is 5.85. The molecule has 87 valence electrons. The molecule has 1 heterocycles. The molecule has 2 aromatic rings. The number of aryl methyl sites for hydroxylation is 2. The van der Waals surface area contributed by atoms with Crippen LogP contribution >= 0.6 is 36.0 Å². The minimum Gasteiger partial charge on any atom is -0.212 e. The lowest BCUT2D eigenvalue weighted by atomic mass is 10.2. The Kier molecular flexibility index (Phi) is 3.86. The van der Waals surface area contributed by atoms with E-state index in [1.54, 1.807) is 17.8 Å². The Hall–Kier alpha value is -0.840. The number of hydrogen-bond donors (Lipinski definition) is 0. The number of benzene rings is 1. The van der Waals surface area contributed by atoms with Crippen LogP contribution in [0, 0.1) is 13.8 Å². The van der Waals surface area contributed by atoms with E-state index in [4.69, 9.17) is 24.2 Å². The van der Waals surface area contributed by atoms with Crippen molar-refractivity contribution in [3.63, 3.8) is 0 Å². The normalized spacial score (nSPS) is 10.5. The first-order chi connectivity index (χ1) is 8.04. The van der Waals surface area contributed by atoms with Crippen LogP contribution in [0.3, 0.4) is 0 Å². The molecule has 1 aromatic carbocycles. The lowest BCUT2D eigenvalue weighted by Crippen LogP contribution is -1.88. The van der Waals surface area contributed by atoms with Gasteiger partial charge in [0.05, 0.1) is 0 Å². The maximum atomic E-state index is 5.85. The van der Waals surface area contributed by atoms with E-state index < -0.39 is 0 Å². The maximum Gasteiger partial charge on any atom is 0.221 e. The smallest absolute Gasteiger partial charge is 0.212 e. The average Bonchev–Trinajstić information content (AvgIpc) is 2.21. The quantitative estimate of drug-likeness (QED) is 0.601. The Morgan fingerprint density at radius 1 is 1.18 bits per heavy atom. The van der Waals surface area contributed by atoms with Crippen molar-refractivity contribution >= 4 is 36.0 Å². The summed E-state index contributed by atoms with van der Waals surface area (Å²) in [4.78, 5) is 9.20. The van der Waals surface area contributed by atoms with E-state index in [0.717, 1.165) is 9.92 Å². The van der Waals surface area contributed by atoms with Crippen LogP contribution in [0.25, 0.3) is 0 Å². The Morgan fingerprint density at radius 3 is 2.59 bits per heavy atom. The topological polar surface area (TPSA) is 25.8 Å². The summed E-state index contributed by atoms with van der Waals surface area (Å²) in [6.45, 7) is 4.15. The molecule has 0 unspecified atom stereocenters. The molecule has 0 aliphatic heterocycles.